The zero-order valence-corrected chi connectivity index (χ0v) is 13.8. The molecular weight excluding hydrogens is 310 g/mol. The minimum atomic E-state index is 0.124. The summed E-state index contributed by atoms with van der Waals surface area (Å²) in [5, 5.41) is 5.69. The van der Waals surface area contributed by atoms with Crippen molar-refractivity contribution in [2.75, 3.05) is 18.5 Å². The van der Waals surface area contributed by atoms with Gasteiger partial charge in [0.05, 0.1) is 16.3 Å². The van der Waals surface area contributed by atoms with Crippen LogP contribution < -0.4 is 5.32 Å². The molecule has 7 heteroatoms. The standard InChI is InChI=1S/C16H19N5OS/c1-21-6-5-17-16(21)13(11-2-7-22-8-3-11)20-15-14-12(4-9-23-14)18-10-19-15/h4-6,9-11,13H,2-3,7-8H2,1H3,(H,18,19,20). The lowest BCUT2D eigenvalue weighted by atomic mass is 9.91. The highest BCUT2D eigenvalue weighted by Gasteiger charge is 2.29. The van der Waals surface area contributed by atoms with Crippen molar-refractivity contribution in [3.8, 4) is 0 Å². The molecule has 1 unspecified atom stereocenters. The number of hydrogen-bond donors (Lipinski definition) is 1. The van der Waals surface area contributed by atoms with Gasteiger partial charge in [0, 0.05) is 32.7 Å². The minimum Gasteiger partial charge on any atom is -0.381 e. The largest absolute Gasteiger partial charge is 0.381 e. The maximum absolute atomic E-state index is 5.53. The average molecular weight is 329 g/mol. The number of thiophene rings is 1. The maximum atomic E-state index is 5.53. The number of aryl methyl sites for hydroxylation is 1. The van der Waals surface area contributed by atoms with Gasteiger partial charge in [-0.2, -0.15) is 0 Å². The first-order valence-electron chi connectivity index (χ1n) is 7.82. The number of rotatable bonds is 4. The van der Waals surface area contributed by atoms with E-state index in [4.69, 9.17) is 4.74 Å². The van der Waals surface area contributed by atoms with Crippen molar-refractivity contribution >= 4 is 27.4 Å². The van der Waals surface area contributed by atoms with Crippen molar-refractivity contribution in [1.82, 2.24) is 19.5 Å². The van der Waals surface area contributed by atoms with Crippen LogP contribution in [0.25, 0.3) is 10.2 Å². The normalized spacial score (nSPS) is 17.4. The molecule has 3 aromatic rings. The second-order valence-electron chi connectivity index (χ2n) is 5.83. The molecule has 4 heterocycles. The highest BCUT2D eigenvalue weighted by atomic mass is 32.1. The molecule has 23 heavy (non-hydrogen) atoms. The Morgan fingerprint density at radius 2 is 2.17 bits per heavy atom. The first-order chi connectivity index (χ1) is 11.3. The molecule has 3 aromatic heterocycles. The third kappa shape index (κ3) is 2.82. The Hall–Kier alpha value is -1.99. The van der Waals surface area contributed by atoms with Crippen LogP contribution in [0.4, 0.5) is 5.82 Å². The van der Waals surface area contributed by atoms with E-state index in [0.29, 0.717) is 5.92 Å². The molecule has 1 atom stereocenters. The summed E-state index contributed by atoms with van der Waals surface area (Å²) >= 11 is 1.66. The van der Waals surface area contributed by atoms with E-state index in [2.05, 4.69) is 30.2 Å². The number of aromatic nitrogens is 4. The highest BCUT2D eigenvalue weighted by Crippen LogP contribution is 2.34. The lowest BCUT2D eigenvalue weighted by Crippen LogP contribution is -2.29. The monoisotopic (exact) mass is 329 g/mol. The molecule has 0 aliphatic carbocycles. The molecule has 0 radical (unpaired) electrons. The SMILES string of the molecule is Cn1ccnc1C(Nc1ncnc2ccsc12)C1CCOCC1. The van der Waals surface area contributed by atoms with Gasteiger partial charge in [0.25, 0.3) is 0 Å². The van der Waals surface area contributed by atoms with E-state index in [1.54, 1.807) is 17.7 Å². The fraction of sp³-hybridized carbons (Fsp3) is 0.438. The summed E-state index contributed by atoms with van der Waals surface area (Å²) in [5.74, 6) is 2.42. The molecule has 1 fully saturated rings. The summed E-state index contributed by atoms with van der Waals surface area (Å²) in [6.07, 6.45) is 7.53. The van der Waals surface area contributed by atoms with Crippen LogP contribution in [0.2, 0.25) is 0 Å². The third-order valence-corrected chi connectivity index (χ3v) is 5.32. The van der Waals surface area contributed by atoms with Crippen LogP contribution in [0.5, 0.6) is 0 Å². The second-order valence-corrected chi connectivity index (χ2v) is 6.74. The second kappa shape index (κ2) is 6.25. The van der Waals surface area contributed by atoms with Gasteiger partial charge in [-0.3, -0.25) is 0 Å². The minimum absolute atomic E-state index is 0.124. The maximum Gasteiger partial charge on any atom is 0.148 e. The Kier molecular flexibility index (Phi) is 3.97. The Morgan fingerprint density at radius 3 is 2.96 bits per heavy atom. The topological polar surface area (TPSA) is 64.9 Å². The first-order valence-corrected chi connectivity index (χ1v) is 8.70. The van der Waals surface area contributed by atoms with Crippen LogP contribution in [0, 0.1) is 5.92 Å². The van der Waals surface area contributed by atoms with Gasteiger partial charge in [-0.15, -0.1) is 11.3 Å². The number of nitrogens with one attached hydrogen (secondary N) is 1. The number of imidazole rings is 1. The Balaban J connectivity index is 1.70. The Labute approximate surface area is 138 Å². The van der Waals surface area contributed by atoms with Crippen molar-refractivity contribution in [3.63, 3.8) is 0 Å². The van der Waals surface area contributed by atoms with Crippen molar-refractivity contribution in [2.24, 2.45) is 13.0 Å². The van der Waals surface area contributed by atoms with Gasteiger partial charge < -0.3 is 14.6 Å². The van der Waals surface area contributed by atoms with E-state index in [1.807, 2.05) is 25.5 Å². The first kappa shape index (κ1) is 14.6. The predicted molar refractivity (Wildman–Crippen MR) is 90.5 cm³/mol. The van der Waals surface area contributed by atoms with Gasteiger partial charge in [-0.05, 0) is 30.2 Å². The van der Waals surface area contributed by atoms with Gasteiger partial charge in [0.2, 0.25) is 0 Å². The van der Waals surface area contributed by atoms with Crippen LogP contribution in [-0.2, 0) is 11.8 Å². The molecule has 4 rings (SSSR count). The summed E-state index contributed by atoms with van der Waals surface area (Å²) in [7, 11) is 2.04. The van der Waals surface area contributed by atoms with Crippen molar-refractivity contribution in [2.45, 2.75) is 18.9 Å². The van der Waals surface area contributed by atoms with Crippen LogP contribution in [0.3, 0.4) is 0 Å². The van der Waals surface area contributed by atoms with E-state index in [9.17, 15) is 0 Å². The van der Waals surface area contributed by atoms with Crippen LogP contribution in [0.1, 0.15) is 24.7 Å². The fourth-order valence-corrected chi connectivity index (χ4v) is 3.96. The summed E-state index contributed by atoms with van der Waals surface area (Å²) in [5.41, 5.74) is 0.984. The Bertz CT molecular complexity index is 792. The van der Waals surface area contributed by atoms with Crippen LogP contribution in [0.15, 0.2) is 30.2 Å². The molecule has 0 aromatic carbocycles. The van der Waals surface area contributed by atoms with Gasteiger partial charge in [0.1, 0.15) is 18.0 Å². The van der Waals surface area contributed by atoms with Gasteiger partial charge in [-0.25, -0.2) is 15.0 Å². The van der Waals surface area contributed by atoms with Gasteiger partial charge >= 0.3 is 0 Å². The number of ether oxygens (including phenoxy) is 1. The third-order valence-electron chi connectivity index (χ3n) is 4.41. The lowest BCUT2D eigenvalue weighted by molar-refractivity contribution is 0.0594. The number of nitrogens with zero attached hydrogens (tertiary/aromatic N) is 4. The molecule has 6 nitrogen and oxygen atoms in total. The average Bonchev–Trinajstić information content (AvgIpc) is 3.22. The lowest BCUT2D eigenvalue weighted by Gasteiger charge is -2.31. The molecule has 0 bridgehead atoms. The molecule has 0 amide bonds. The number of hydrogen-bond acceptors (Lipinski definition) is 6. The van der Waals surface area contributed by atoms with E-state index in [-0.39, 0.29) is 6.04 Å². The molecule has 1 saturated heterocycles. The summed E-state index contributed by atoms with van der Waals surface area (Å²) in [4.78, 5) is 13.4. The molecule has 0 spiro atoms. The number of anilines is 1. The summed E-state index contributed by atoms with van der Waals surface area (Å²) in [6.45, 7) is 1.62. The molecular formula is C16H19N5OS. The molecule has 1 aliphatic rings. The van der Waals surface area contributed by atoms with Gasteiger partial charge in [0.15, 0.2) is 0 Å². The van der Waals surface area contributed by atoms with Crippen molar-refractivity contribution in [3.05, 3.63) is 36.0 Å². The number of fused-ring (bicyclic) bond motifs is 1. The Morgan fingerprint density at radius 1 is 1.30 bits per heavy atom. The summed E-state index contributed by atoms with van der Waals surface area (Å²) < 4.78 is 8.71. The summed E-state index contributed by atoms with van der Waals surface area (Å²) in [6, 6.07) is 2.15. The highest BCUT2D eigenvalue weighted by molar-refractivity contribution is 7.17. The quantitative estimate of drug-likeness (QED) is 0.797. The fourth-order valence-electron chi connectivity index (χ4n) is 3.16. The zero-order chi connectivity index (χ0) is 15.6. The van der Waals surface area contributed by atoms with E-state index in [0.717, 1.165) is 47.9 Å². The molecule has 1 N–H and O–H groups in total. The molecule has 120 valence electrons. The molecule has 1 aliphatic heterocycles. The predicted octanol–water partition coefficient (Wildman–Crippen LogP) is 3.00. The van der Waals surface area contributed by atoms with Gasteiger partial charge in [-0.1, -0.05) is 0 Å². The smallest absolute Gasteiger partial charge is 0.148 e. The van der Waals surface area contributed by atoms with E-state index < -0.39 is 0 Å². The van der Waals surface area contributed by atoms with Crippen LogP contribution in [-0.4, -0.2) is 32.7 Å². The zero-order valence-electron chi connectivity index (χ0n) is 13.0. The van der Waals surface area contributed by atoms with Crippen LogP contribution >= 0.6 is 11.3 Å². The molecule has 0 saturated carbocycles. The van der Waals surface area contributed by atoms with Crippen molar-refractivity contribution in [1.29, 1.82) is 0 Å². The van der Waals surface area contributed by atoms with Crippen molar-refractivity contribution < 1.29 is 4.74 Å². The van der Waals surface area contributed by atoms with E-state index >= 15 is 0 Å². The van der Waals surface area contributed by atoms with E-state index in [1.165, 1.54) is 0 Å².